The quantitative estimate of drug-likeness (QED) is 0.0661. The first-order valence-corrected chi connectivity index (χ1v) is 19.5. The van der Waals surface area contributed by atoms with Gasteiger partial charge in [0, 0.05) is 0 Å². The number of hydrogen-bond acceptors (Lipinski definition) is 11. The molecule has 5 aromatic carbocycles. The molecule has 0 aromatic heterocycles. The van der Waals surface area contributed by atoms with E-state index in [2.05, 4.69) is 45.0 Å². The van der Waals surface area contributed by atoms with Gasteiger partial charge >= 0.3 is 32.2 Å². The molecule has 0 N–H and O–H groups in total. The molecule has 5 rings (SSSR count). The van der Waals surface area contributed by atoms with Crippen LogP contribution in [0.3, 0.4) is 0 Å². The van der Waals surface area contributed by atoms with Gasteiger partial charge in [0.05, 0.1) is 50.7 Å². The highest BCUT2D eigenvalue weighted by atomic mass is 28.4. The first kappa shape index (κ1) is 40.8. The third-order valence-corrected chi connectivity index (χ3v) is 14.0. The lowest BCUT2D eigenvalue weighted by atomic mass is 10.1. The summed E-state index contributed by atoms with van der Waals surface area (Å²) in [6.07, 6.45) is 0. The summed E-state index contributed by atoms with van der Waals surface area (Å²) in [6.45, 7) is 6.53. The van der Waals surface area contributed by atoms with E-state index < -0.39 is 32.2 Å². The largest absolute Gasteiger partial charge is 0.534 e. The second-order valence-corrected chi connectivity index (χ2v) is 18.0. The van der Waals surface area contributed by atoms with Crippen molar-refractivity contribution in [1.82, 2.24) is 0 Å². The molecule has 0 atom stereocenters. The van der Waals surface area contributed by atoms with Crippen molar-refractivity contribution >= 4 is 42.6 Å². The minimum Gasteiger partial charge on any atom is -0.534 e. The van der Waals surface area contributed by atoms with Crippen LogP contribution in [0.25, 0.3) is 0 Å². The van der Waals surface area contributed by atoms with Crippen molar-refractivity contribution in [1.29, 1.82) is 0 Å². The number of methoxy groups -OCH3 is 4. The number of esters is 4. The fourth-order valence-corrected chi connectivity index (χ4v) is 10.8. The summed E-state index contributed by atoms with van der Waals surface area (Å²) in [5, 5.41) is 1.79. The van der Waals surface area contributed by atoms with E-state index in [4.69, 9.17) is 32.8 Å². The van der Waals surface area contributed by atoms with Crippen LogP contribution in [0.5, 0.6) is 17.2 Å². The molecule has 0 amide bonds. The predicted octanol–water partition coefficient (Wildman–Crippen LogP) is 6.93. The molecule has 0 spiro atoms. The van der Waals surface area contributed by atoms with Crippen LogP contribution in [-0.4, -0.2) is 60.6 Å². The first-order valence-electron chi connectivity index (χ1n) is 17.6. The molecular weight excluding hydrogens is 733 g/mol. The summed E-state index contributed by atoms with van der Waals surface area (Å²) in [5.41, 5.74) is 1.82. The van der Waals surface area contributed by atoms with Crippen LogP contribution < -0.4 is 24.3 Å². The minimum atomic E-state index is -3.09. The monoisotopic (exact) mass is 776 g/mol. The lowest BCUT2D eigenvalue weighted by molar-refractivity contribution is 0.0580. The highest BCUT2D eigenvalue weighted by molar-refractivity contribution is 7.00. The Morgan fingerprint density at radius 1 is 0.464 bits per heavy atom. The van der Waals surface area contributed by atoms with Crippen molar-refractivity contribution in [2.24, 2.45) is 0 Å². The van der Waals surface area contributed by atoms with E-state index >= 15 is 0 Å². The number of hydrogen-bond donors (Lipinski definition) is 0. The molecule has 0 aliphatic rings. The summed E-state index contributed by atoms with van der Waals surface area (Å²) in [6, 6.07) is 34.7. The normalized spacial score (nSPS) is 11.2. The fraction of sp³-hybridized carbons (Fsp3) is 0.227. The lowest BCUT2D eigenvalue weighted by Gasteiger charge is -2.43. The number of carbonyl (C=O) groups is 4. The highest BCUT2D eigenvalue weighted by Gasteiger charge is 2.52. The molecule has 56 heavy (non-hydrogen) atoms. The van der Waals surface area contributed by atoms with E-state index in [9.17, 15) is 19.2 Å². The van der Waals surface area contributed by atoms with Crippen molar-refractivity contribution in [2.75, 3.05) is 28.4 Å². The van der Waals surface area contributed by atoms with Gasteiger partial charge in [0.1, 0.15) is 30.5 Å². The SMILES string of the molecule is COC(=O)c1cc(OCc2cc(COc3cc(C(=O)OC)cc(C(=O)OC)c3)cc(O[Si](c3ccccc3)(c3ccccc3)C(C)(C)C)c2)cc(C(=O)OC)c1. The topological polar surface area (TPSA) is 133 Å². The Hall–Kier alpha value is -6.40. The third kappa shape index (κ3) is 9.27. The molecule has 0 aliphatic heterocycles. The number of rotatable bonds is 14. The van der Waals surface area contributed by atoms with Crippen LogP contribution in [0.15, 0.2) is 115 Å². The molecule has 11 nitrogen and oxygen atoms in total. The predicted molar refractivity (Wildman–Crippen MR) is 212 cm³/mol. The van der Waals surface area contributed by atoms with Gasteiger partial charge in [-0.3, -0.25) is 0 Å². The second-order valence-electron chi connectivity index (χ2n) is 13.8. The summed E-state index contributed by atoms with van der Waals surface area (Å²) in [5.74, 6) is -1.56. The van der Waals surface area contributed by atoms with E-state index in [0.29, 0.717) is 16.9 Å². The smallest absolute Gasteiger partial charge is 0.338 e. The van der Waals surface area contributed by atoms with Gasteiger partial charge in [-0.2, -0.15) is 0 Å². The molecular formula is C44H44O11Si. The highest BCUT2D eigenvalue weighted by Crippen LogP contribution is 2.38. The number of ether oxygens (including phenoxy) is 6. The zero-order chi connectivity index (χ0) is 40.5. The molecule has 0 saturated heterocycles. The first-order chi connectivity index (χ1) is 26.8. The standard InChI is InChI=1S/C44H44O11Si/c1-44(2,3)56(38-14-10-8-11-15-38,39-16-12-9-13-17-39)55-37-19-29(27-53-35-23-31(40(45)49-4)21-32(24-35)41(46)50-5)18-30(20-37)28-54-36-25-33(42(47)51-6)22-34(26-36)43(48)52-7/h8-26H,27-28H2,1-7H3. The van der Waals surface area contributed by atoms with E-state index in [1.807, 2.05) is 54.6 Å². The van der Waals surface area contributed by atoms with Crippen molar-refractivity contribution < 1.29 is 52.0 Å². The fourth-order valence-electron chi connectivity index (χ4n) is 6.42. The van der Waals surface area contributed by atoms with Crippen molar-refractivity contribution in [3.63, 3.8) is 0 Å². The lowest BCUT2D eigenvalue weighted by Crippen LogP contribution is -2.68. The van der Waals surface area contributed by atoms with Gasteiger partial charge < -0.3 is 32.8 Å². The van der Waals surface area contributed by atoms with Crippen LogP contribution >= 0.6 is 0 Å². The summed E-state index contributed by atoms with van der Waals surface area (Å²) < 4.78 is 39.4. The number of carbonyl (C=O) groups excluding carboxylic acids is 4. The third-order valence-electron chi connectivity index (χ3n) is 9.02. The minimum absolute atomic E-state index is 0.000497. The van der Waals surface area contributed by atoms with Crippen molar-refractivity contribution in [3.8, 4) is 17.2 Å². The summed E-state index contributed by atoms with van der Waals surface area (Å²) >= 11 is 0. The summed E-state index contributed by atoms with van der Waals surface area (Å²) in [7, 11) is 1.89. The maximum atomic E-state index is 12.5. The Morgan fingerprint density at radius 2 is 0.804 bits per heavy atom. The van der Waals surface area contributed by atoms with Gasteiger partial charge in [-0.05, 0) is 81.1 Å². The van der Waals surface area contributed by atoms with E-state index in [1.165, 1.54) is 64.8 Å². The molecule has 0 radical (unpaired) electrons. The van der Waals surface area contributed by atoms with Gasteiger partial charge in [0.2, 0.25) is 0 Å². The number of benzene rings is 5. The molecule has 12 heteroatoms. The van der Waals surface area contributed by atoms with Gasteiger partial charge in [-0.25, -0.2) is 19.2 Å². The molecule has 5 aromatic rings. The molecule has 0 saturated carbocycles. The van der Waals surface area contributed by atoms with Gasteiger partial charge in [-0.15, -0.1) is 0 Å². The van der Waals surface area contributed by atoms with Crippen LogP contribution in [0, 0.1) is 0 Å². The van der Waals surface area contributed by atoms with Crippen LogP contribution in [0.1, 0.15) is 73.3 Å². The molecule has 0 aliphatic carbocycles. The zero-order valence-corrected chi connectivity index (χ0v) is 33.4. The Balaban J connectivity index is 1.60. The molecule has 0 heterocycles. The Morgan fingerprint density at radius 3 is 1.11 bits per heavy atom. The average Bonchev–Trinajstić information content (AvgIpc) is 3.22. The maximum absolute atomic E-state index is 12.5. The molecule has 0 bridgehead atoms. The van der Waals surface area contributed by atoms with Gasteiger partial charge in [0.25, 0.3) is 0 Å². The summed E-state index contributed by atoms with van der Waals surface area (Å²) in [4.78, 5) is 49.9. The average molecular weight is 777 g/mol. The maximum Gasteiger partial charge on any atom is 0.338 e. The van der Waals surface area contributed by atoms with E-state index in [0.717, 1.165) is 10.4 Å². The zero-order valence-electron chi connectivity index (χ0n) is 32.4. The van der Waals surface area contributed by atoms with Gasteiger partial charge in [-0.1, -0.05) is 81.4 Å². The van der Waals surface area contributed by atoms with Crippen molar-refractivity contribution in [3.05, 3.63) is 149 Å². The molecule has 0 fully saturated rings. The Bertz CT molecular complexity index is 1980. The van der Waals surface area contributed by atoms with Gasteiger partial charge in [0.15, 0.2) is 0 Å². The van der Waals surface area contributed by atoms with E-state index in [1.54, 1.807) is 0 Å². The molecule has 0 unspecified atom stereocenters. The van der Waals surface area contributed by atoms with Crippen LogP contribution in [0.2, 0.25) is 5.04 Å². The van der Waals surface area contributed by atoms with Crippen LogP contribution in [0.4, 0.5) is 0 Å². The second kappa shape index (κ2) is 17.8. The Kier molecular flexibility index (Phi) is 13.0. The van der Waals surface area contributed by atoms with Crippen molar-refractivity contribution in [2.45, 2.75) is 39.0 Å². The molecule has 290 valence electrons. The Labute approximate surface area is 327 Å². The van der Waals surface area contributed by atoms with E-state index in [-0.39, 0.29) is 52.0 Å². The van der Waals surface area contributed by atoms with Crippen LogP contribution in [-0.2, 0) is 32.2 Å².